The molecule has 4 rings (SSSR count). The lowest BCUT2D eigenvalue weighted by Crippen LogP contribution is -2.51. The van der Waals surface area contributed by atoms with E-state index in [1.54, 1.807) is 0 Å². The Bertz CT molecular complexity index is 587. The van der Waals surface area contributed by atoms with Gasteiger partial charge < -0.3 is 0 Å². The standard InChI is InChI=1S/C19H24O3/c1-2-19-10-16(21)18-13-6-4-12(20)9-11(13)3-5-14(18)15(19)7-8-17(19)22/h3,13-15,18H,2,4-10H2,1H3/t13-,14-,15-,18+,19?/m0/s1. The second kappa shape index (κ2) is 4.87. The molecule has 0 amide bonds. The molecule has 4 aliphatic rings. The van der Waals surface area contributed by atoms with Crippen molar-refractivity contribution in [1.29, 1.82) is 0 Å². The van der Waals surface area contributed by atoms with Gasteiger partial charge in [-0.2, -0.15) is 0 Å². The molecule has 0 aromatic rings. The maximum absolute atomic E-state index is 13.0. The lowest BCUT2D eigenvalue weighted by Gasteiger charge is -2.51. The summed E-state index contributed by atoms with van der Waals surface area (Å²) >= 11 is 0. The van der Waals surface area contributed by atoms with Crippen LogP contribution in [0.15, 0.2) is 11.6 Å². The van der Waals surface area contributed by atoms with Crippen molar-refractivity contribution >= 4 is 17.3 Å². The highest BCUT2D eigenvalue weighted by Crippen LogP contribution is 2.60. The largest absolute Gasteiger partial charge is 0.299 e. The third-order valence-corrected chi connectivity index (χ3v) is 7.12. The van der Waals surface area contributed by atoms with Crippen molar-refractivity contribution in [3.8, 4) is 0 Å². The average Bonchev–Trinajstić information content (AvgIpc) is 2.84. The Morgan fingerprint density at radius 2 is 2.00 bits per heavy atom. The van der Waals surface area contributed by atoms with Crippen molar-refractivity contribution in [2.45, 2.75) is 58.3 Å². The van der Waals surface area contributed by atoms with Crippen molar-refractivity contribution in [3.63, 3.8) is 0 Å². The first-order chi connectivity index (χ1) is 10.6. The van der Waals surface area contributed by atoms with Gasteiger partial charge in [0.1, 0.15) is 17.3 Å². The van der Waals surface area contributed by atoms with Crippen LogP contribution in [0.3, 0.4) is 0 Å². The second-order valence-corrected chi connectivity index (χ2v) is 7.79. The summed E-state index contributed by atoms with van der Waals surface area (Å²) in [6.07, 6.45) is 8.07. The molecule has 22 heavy (non-hydrogen) atoms. The number of ketones is 3. The van der Waals surface area contributed by atoms with Gasteiger partial charge in [-0.05, 0) is 43.4 Å². The highest BCUT2D eigenvalue weighted by molar-refractivity contribution is 5.96. The topological polar surface area (TPSA) is 51.2 Å². The van der Waals surface area contributed by atoms with Gasteiger partial charge in [0, 0.05) is 37.0 Å². The highest BCUT2D eigenvalue weighted by atomic mass is 16.1. The minimum atomic E-state index is -0.353. The van der Waals surface area contributed by atoms with Crippen LogP contribution >= 0.6 is 0 Å². The van der Waals surface area contributed by atoms with Gasteiger partial charge in [-0.3, -0.25) is 14.4 Å². The molecule has 0 N–H and O–H groups in total. The van der Waals surface area contributed by atoms with E-state index in [1.165, 1.54) is 5.57 Å². The predicted molar refractivity (Wildman–Crippen MR) is 82.1 cm³/mol. The monoisotopic (exact) mass is 300 g/mol. The molecule has 5 atom stereocenters. The van der Waals surface area contributed by atoms with Crippen molar-refractivity contribution in [2.75, 3.05) is 0 Å². The van der Waals surface area contributed by atoms with Crippen LogP contribution < -0.4 is 0 Å². The normalized spacial score (nSPS) is 44.2. The van der Waals surface area contributed by atoms with E-state index in [1.807, 2.05) is 0 Å². The summed E-state index contributed by atoms with van der Waals surface area (Å²) in [6.45, 7) is 2.08. The molecule has 3 nitrogen and oxygen atoms in total. The maximum Gasteiger partial charge on any atom is 0.139 e. The summed E-state index contributed by atoms with van der Waals surface area (Å²) in [7, 11) is 0. The SMILES string of the molecule is CCC12CC(=O)[C@H]3[C@@H](CC=C4CC(=O)CC[C@@H]43)[C@@H]1CCC2=O. The van der Waals surface area contributed by atoms with Gasteiger partial charge >= 0.3 is 0 Å². The lowest BCUT2D eigenvalue weighted by atomic mass is 9.51. The molecule has 0 bridgehead atoms. The zero-order chi connectivity index (χ0) is 15.5. The number of fused-ring (bicyclic) bond motifs is 5. The van der Waals surface area contributed by atoms with Gasteiger partial charge in [-0.25, -0.2) is 0 Å². The van der Waals surface area contributed by atoms with Crippen molar-refractivity contribution in [3.05, 3.63) is 11.6 Å². The summed E-state index contributed by atoms with van der Waals surface area (Å²) in [6, 6.07) is 0. The molecule has 0 heterocycles. The Labute approximate surface area is 131 Å². The first-order valence-electron chi connectivity index (χ1n) is 8.83. The molecular formula is C19H24O3. The molecule has 118 valence electrons. The molecule has 1 unspecified atom stereocenters. The number of carbonyl (C=O) groups excluding carboxylic acids is 3. The summed E-state index contributed by atoms with van der Waals surface area (Å²) in [5.74, 6) is 2.07. The second-order valence-electron chi connectivity index (χ2n) is 7.79. The Morgan fingerprint density at radius 3 is 2.77 bits per heavy atom. The third kappa shape index (κ3) is 1.77. The van der Waals surface area contributed by atoms with Crippen LogP contribution in [0.2, 0.25) is 0 Å². The number of Topliss-reactive ketones (excluding diaryl/α,β-unsaturated/α-hetero) is 3. The predicted octanol–water partition coefficient (Wildman–Crippen LogP) is 3.27. The zero-order valence-corrected chi connectivity index (χ0v) is 13.3. The Kier molecular flexibility index (Phi) is 3.18. The summed E-state index contributed by atoms with van der Waals surface area (Å²) < 4.78 is 0. The van der Waals surface area contributed by atoms with E-state index in [0.29, 0.717) is 54.9 Å². The lowest BCUT2D eigenvalue weighted by molar-refractivity contribution is -0.147. The van der Waals surface area contributed by atoms with Crippen LogP contribution in [0.1, 0.15) is 58.3 Å². The van der Waals surface area contributed by atoms with Gasteiger partial charge in [0.25, 0.3) is 0 Å². The number of hydrogen-bond donors (Lipinski definition) is 0. The Morgan fingerprint density at radius 1 is 1.18 bits per heavy atom. The molecule has 0 saturated heterocycles. The van der Waals surface area contributed by atoms with E-state index in [4.69, 9.17) is 0 Å². The van der Waals surface area contributed by atoms with Crippen LogP contribution in [-0.4, -0.2) is 17.3 Å². The molecule has 3 fully saturated rings. The van der Waals surface area contributed by atoms with Crippen LogP contribution in [0.4, 0.5) is 0 Å². The average molecular weight is 300 g/mol. The zero-order valence-electron chi connectivity index (χ0n) is 13.3. The van der Waals surface area contributed by atoms with Crippen LogP contribution in [0.25, 0.3) is 0 Å². The van der Waals surface area contributed by atoms with E-state index in [9.17, 15) is 14.4 Å². The fourth-order valence-electron chi connectivity index (χ4n) is 6.08. The van der Waals surface area contributed by atoms with E-state index in [0.717, 1.165) is 25.7 Å². The fourth-order valence-corrected chi connectivity index (χ4v) is 6.08. The van der Waals surface area contributed by atoms with Gasteiger partial charge in [0.05, 0.1) is 0 Å². The summed E-state index contributed by atoms with van der Waals surface area (Å²) in [5, 5.41) is 0. The minimum absolute atomic E-state index is 0.0867. The van der Waals surface area contributed by atoms with Crippen molar-refractivity contribution in [1.82, 2.24) is 0 Å². The maximum atomic E-state index is 13.0. The molecule has 3 heteroatoms. The fraction of sp³-hybridized carbons (Fsp3) is 0.737. The quantitative estimate of drug-likeness (QED) is 0.698. The molecule has 0 radical (unpaired) electrons. The van der Waals surface area contributed by atoms with Crippen molar-refractivity contribution < 1.29 is 14.4 Å². The van der Waals surface area contributed by atoms with Crippen molar-refractivity contribution in [2.24, 2.45) is 29.1 Å². The van der Waals surface area contributed by atoms with E-state index in [-0.39, 0.29) is 17.3 Å². The van der Waals surface area contributed by atoms with Gasteiger partial charge in [0.15, 0.2) is 0 Å². The molecule has 0 spiro atoms. The number of carbonyl (C=O) groups is 3. The number of allylic oxidation sites excluding steroid dienone is 2. The number of hydrogen-bond acceptors (Lipinski definition) is 3. The summed E-state index contributed by atoms with van der Waals surface area (Å²) in [4.78, 5) is 37.2. The van der Waals surface area contributed by atoms with Gasteiger partial charge in [-0.15, -0.1) is 0 Å². The summed E-state index contributed by atoms with van der Waals surface area (Å²) in [5.41, 5.74) is 0.868. The molecule has 0 aromatic carbocycles. The Hall–Kier alpha value is -1.25. The van der Waals surface area contributed by atoms with Crippen LogP contribution in [0.5, 0.6) is 0 Å². The highest BCUT2D eigenvalue weighted by Gasteiger charge is 2.60. The molecule has 3 saturated carbocycles. The molecule has 0 aromatic heterocycles. The van der Waals surface area contributed by atoms with Crippen LogP contribution in [-0.2, 0) is 14.4 Å². The minimum Gasteiger partial charge on any atom is -0.299 e. The smallest absolute Gasteiger partial charge is 0.139 e. The van der Waals surface area contributed by atoms with E-state index < -0.39 is 0 Å². The first kappa shape index (κ1) is 14.3. The van der Waals surface area contributed by atoms with Crippen LogP contribution in [0, 0.1) is 29.1 Å². The molecule has 0 aliphatic heterocycles. The molecular weight excluding hydrogens is 276 g/mol. The van der Waals surface area contributed by atoms with E-state index in [2.05, 4.69) is 13.0 Å². The third-order valence-electron chi connectivity index (χ3n) is 7.12. The number of rotatable bonds is 1. The Balaban J connectivity index is 1.72. The molecule has 4 aliphatic carbocycles. The first-order valence-corrected chi connectivity index (χ1v) is 8.83. The van der Waals surface area contributed by atoms with E-state index >= 15 is 0 Å². The van der Waals surface area contributed by atoms with Gasteiger partial charge in [-0.1, -0.05) is 18.6 Å². The van der Waals surface area contributed by atoms with Gasteiger partial charge in [0.2, 0.25) is 0 Å².